The summed E-state index contributed by atoms with van der Waals surface area (Å²) in [4.78, 5) is 9.25. The van der Waals surface area contributed by atoms with Gasteiger partial charge < -0.3 is 5.11 Å². The number of carboxylic acid groups (broad SMARTS) is 1. The Morgan fingerprint density at radius 1 is 1.50 bits per heavy atom. The third kappa shape index (κ3) is 245. The van der Waals surface area contributed by atoms with Gasteiger partial charge in [0.1, 0.15) is 0 Å². The lowest BCUT2D eigenvalue weighted by atomic mass is 10.7. The molecule has 0 amide bonds. The molecule has 0 radical (unpaired) electrons. The van der Waals surface area contributed by atoms with E-state index in [1.807, 2.05) is 0 Å². The fraction of sp³-hybridized carbons (Fsp3) is 0. The van der Waals surface area contributed by atoms with Crippen LogP contribution in [0.15, 0.2) is 12.7 Å². The molecule has 60 valence electrons. The zero-order chi connectivity index (χ0) is 8.78. The minimum Gasteiger partial charge on any atom is -0.478 e. The van der Waals surface area contributed by atoms with E-state index >= 15 is 0 Å². The molecule has 4 nitrogen and oxygen atoms in total. The third-order valence-corrected chi connectivity index (χ3v) is 0.175. The van der Waals surface area contributed by atoms with Crippen molar-refractivity contribution in [1.29, 1.82) is 0 Å². The molecule has 0 aromatic carbocycles. The van der Waals surface area contributed by atoms with Gasteiger partial charge in [-0.15, -0.1) is 0 Å². The van der Waals surface area contributed by atoms with Crippen LogP contribution in [-0.4, -0.2) is 19.5 Å². The Balaban J connectivity index is 0. The van der Waals surface area contributed by atoms with Gasteiger partial charge in [-0.1, -0.05) is 14.4 Å². The van der Waals surface area contributed by atoms with Crippen molar-refractivity contribution in [3.05, 3.63) is 12.7 Å². The van der Waals surface area contributed by atoms with E-state index in [0.717, 1.165) is 6.08 Å². The number of aliphatic carboxylic acids is 1. The van der Waals surface area contributed by atoms with Crippen molar-refractivity contribution in [1.82, 2.24) is 0 Å². The van der Waals surface area contributed by atoms with Gasteiger partial charge in [-0.05, 0) is 0 Å². The van der Waals surface area contributed by atoms with Crippen LogP contribution in [0.1, 0.15) is 0 Å². The Morgan fingerprint density at radius 2 is 1.60 bits per heavy atom. The molecular formula is C3H4F2O4S. The quantitative estimate of drug-likeness (QED) is 0.462. The van der Waals surface area contributed by atoms with Gasteiger partial charge in [0.05, 0.1) is 0 Å². The highest BCUT2D eigenvalue weighted by atomic mass is 32.3. The van der Waals surface area contributed by atoms with Gasteiger partial charge in [0.2, 0.25) is 0 Å². The van der Waals surface area contributed by atoms with E-state index in [-0.39, 0.29) is 0 Å². The Bertz CT molecular complexity index is 199. The van der Waals surface area contributed by atoms with Crippen molar-refractivity contribution in [2.75, 3.05) is 0 Å². The fourth-order valence-corrected chi connectivity index (χ4v) is 0. The zero-order valence-corrected chi connectivity index (χ0v) is 5.44. The predicted octanol–water partition coefficient (Wildman–Crippen LogP) is 0.427. The van der Waals surface area contributed by atoms with Crippen LogP contribution in [0.5, 0.6) is 0 Å². The lowest BCUT2D eigenvalue weighted by Gasteiger charge is -1.64. The van der Waals surface area contributed by atoms with Crippen molar-refractivity contribution >= 4 is 16.6 Å². The number of halogens is 2. The molecule has 0 saturated heterocycles. The number of rotatable bonds is 1. The summed E-state index contributed by atoms with van der Waals surface area (Å²) >= 11 is 0. The van der Waals surface area contributed by atoms with E-state index in [1.165, 1.54) is 0 Å². The Kier molecular flexibility index (Phi) is 5.72. The van der Waals surface area contributed by atoms with Gasteiger partial charge in [-0.2, -0.15) is 8.42 Å². The maximum absolute atomic E-state index is 9.99. The van der Waals surface area contributed by atoms with Gasteiger partial charge in [0, 0.05) is 6.08 Å². The van der Waals surface area contributed by atoms with Crippen LogP contribution in [0.4, 0.5) is 7.77 Å². The van der Waals surface area contributed by atoms with Crippen molar-refractivity contribution in [3.63, 3.8) is 0 Å². The van der Waals surface area contributed by atoms with Gasteiger partial charge in [0.15, 0.2) is 0 Å². The summed E-state index contributed by atoms with van der Waals surface area (Å²) in [7, 11) is -5.67. The summed E-state index contributed by atoms with van der Waals surface area (Å²) in [5.41, 5.74) is 0. The third-order valence-electron chi connectivity index (χ3n) is 0.175. The fourth-order valence-electron chi connectivity index (χ4n) is 0. The molecule has 0 rings (SSSR count). The van der Waals surface area contributed by atoms with Crippen LogP contribution in [-0.2, 0) is 15.4 Å². The maximum Gasteiger partial charge on any atom is 0.476 e. The Hall–Kier alpha value is -0.980. The summed E-state index contributed by atoms with van der Waals surface area (Å²) in [6, 6.07) is 0. The average Bonchev–Trinajstić information content (AvgIpc) is 1.61. The van der Waals surface area contributed by atoms with Gasteiger partial charge in [-0.3, -0.25) is 0 Å². The minimum atomic E-state index is -5.67. The summed E-state index contributed by atoms with van der Waals surface area (Å²) in [5, 5.41) is 7.60. The second-order valence-corrected chi connectivity index (χ2v) is 1.68. The summed E-state index contributed by atoms with van der Waals surface area (Å²) in [6.45, 7) is 2.96. The molecule has 0 atom stereocenters. The van der Waals surface area contributed by atoms with E-state index in [9.17, 15) is 12.6 Å². The molecule has 0 aliphatic heterocycles. The molecular weight excluding hydrogens is 170 g/mol. The first-order valence-electron chi connectivity index (χ1n) is 1.77. The molecule has 0 aliphatic carbocycles. The Morgan fingerprint density at radius 3 is 1.60 bits per heavy atom. The van der Waals surface area contributed by atoms with E-state index in [4.69, 9.17) is 13.5 Å². The molecule has 0 fully saturated rings. The lowest BCUT2D eigenvalue weighted by molar-refractivity contribution is -0.131. The predicted molar refractivity (Wildman–Crippen MR) is 29.0 cm³/mol. The summed E-state index contributed by atoms with van der Waals surface area (Å²) < 4.78 is 36.6. The molecule has 10 heavy (non-hydrogen) atoms. The molecule has 7 heteroatoms. The van der Waals surface area contributed by atoms with Crippen LogP contribution in [0.25, 0.3) is 0 Å². The average molecular weight is 174 g/mol. The molecule has 1 N–H and O–H groups in total. The molecule has 0 aromatic rings. The van der Waals surface area contributed by atoms with E-state index < -0.39 is 16.6 Å². The van der Waals surface area contributed by atoms with Crippen LogP contribution < -0.4 is 0 Å². The van der Waals surface area contributed by atoms with Gasteiger partial charge in [-0.25, -0.2) is 4.79 Å². The van der Waals surface area contributed by atoms with E-state index in [0.29, 0.717) is 0 Å². The number of carbonyl (C=O) groups is 1. The van der Waals surface area contributed by atoms with Gasteiger partial charge in [0.25, 0.3) is 0 Å². The van der Waals surface area contributed by atoms with Crippen LogP contribution in [0, 0.1) is 0 Å². The molecule has 0 heterocycles. The monoisotopic (exact) mass is 174 g/mol. The summed E-state index contributed by atoms with van der Waals surface area (Å²) in [6.07, 6.45) is 0.833. The Labute approximate surface area is 56.3 Å². The first-order valence-corrected chi connectivity index (χ1v) is 3.05. The molecule has 0 saturated carbocycles. The first kappa shape index (κ1) is 11.8. The van der Waals surface area contributed by atoms with Crippen molar-refractivity contribution in [3.8, 4) is 0 Å². The zero-order valence-electron chi connectivity index (χ0n) is 4.62. The van der Waals surface area contributed by atoms with E-state index in [1.54, 1.807) is 0 Å². The first-order chi connectivity index (χ1) is 4.27. The number of hydrogen-bond acceptors (Lipinski definition) is 3. The SMILES string of the molecule is C=CC(=O)O.O=S(=O)(F)F. The van der Waals surface area contributed by atoms with Crippen molar-refractivity contribution in [2.24, 2.45) is 0 Å². The molecule has 0 aromatic heterocycles. The topological polar surface area (TPSA) is 71.4 Å². The highest BCUT2D eigenvalue weighted by molar-refractivity contribution is 7.81. The highest BCUT2D eigenvalue weighted by Gasteiger charge is 1.94. The minimum absolute atomic E-state index is 0.833. The molecule has 0 spiro atoms. The van der Waals surface area contributed by atoms with Crippen LogP contribution in [0.2, 0.25) is 0 Å². The van der Waals surface area contributed by atoms with Gasteiger partial charge >= 0.3 is 16.6 Å². The number of carboxylic acids is 1. The molecule has 0 aliphatic rings. The van der Waals surface area contributed by atoms with Crippen molar-refractivity contribution < 1.29 is 26.1 Å². The highest BCUT2D eigenvalue weighted by Crippen LogP contribution is 1.85. The number of hydrogen-bond donors (Lipinski definition) is 1. The smallest absolute Gasteiger partial charge is 0.476 e. The largest absolute Gasteiger partial charge is 0.478 e. The summed E-state index contributed by atoms with van der Waals surface area (Å²) in [5.74, 6) is -0.981. The molecule has 0 unspecified atom stereocenters. The normalized spacial score (nSPS) is 9.00. The molecule has 0 bridgehead atoms. The lowest BCUT2D eigenvalue weighted by Crippen LogP contribution is -1.82. The second-order valence-electron chi connectivity index (χ2n) is 0.921. The standard InChI is InChI=1S/C3H4O2.F2O2S/c1-2-3(4)5;1-5(2,3)4/h2H,1H2,(H,4,5);. The van der Waals surface area contributed by atoms with Crippen LogP contribution in [0.3, 0.4) is 0 Å². The van der Waals surface area contributed by atoms with Crippen molar-refractivity contribution in [2.45, 2.75) is 0 Å². The van der Waals surface area contributed by atoms with Crippen LogP contribution >= 0.6 is 0 Å². The maximum atomic E-state index is 9.99. The van der Waals surface area contributed by atoms with E-state index in [2.05, 4.69) is 6.58 Å². The second kappa shape index (κ2) is 4.86.